The Balaban J connectivity index is 1.93. The number of urea groups is 1. The average molecular weight is 451 g/mol. The van der Waals surface area contributed by atoms with E-state index < -0.39 is 17.2 Å². The molecule has 0 fully saturated rings. The summed E-state index contributed by atoms with van der Waals surface area (Å²) in [5.41, 5.74) is 3.17. The van der Waals surface area contributed by atoms with Gasteiger partial charge in [0, 0.05) is 7.05 Å². The molecule has 1 unspecified atom stereocenters. The van der Waals surface area contributed by atoms with Gasteiger partial charge in [0.05, 0.1) is 21.8 Å². The van der Waals surface area contributed by atoms with Crippen LogP contribution >= 0.6 is 11.8 Å². The van der Waals surface area contributed by atoms with E-state index in [-0.39, 0.29) is 5.56 Å². The number of thioether (sulfide) groups is 1. The van der Waals surface area contributed by atoms with Crippen LogP contribution in [0.2, 0.25) is 0 Å². The molecule has 32 heavy (non-hydrogen) atoms. The van der Waals surface area contributed by atoms with Crippen LogP contribution < -0.4 is 16.2 Å². The first-order valence-electron chi connectivity index (χ1n) is 9.98. The lowest BCUT2D eigenvalue weighted by atomic mass is 10.1. The smallest absolute Gasteiger partial charge is 0.321 e. The number of hydrogen-bond acceptors (Lipinski definition) is 6. The van der Waals surface area contributed by atoms with Crippen LogP contribution in [-0.2, 0) is 4.79 Å². The SMILES string of the molecule is CNC(=O)NC(=O)C(C)Sc1nnc2n(-c3cccc(C)c3C)c(=O)c3ccccc3n12. The van der Waals surface area contributed by atoms with Crippen molar-refractivity contribution in [1.82, 2.24) is 29.8 Å². The molecule has 1 atom stereocenters. The molecule has 0 aliphatic rings. The zero-order valence-electron chi connectivity index (χ0n) is 18.0. The number of carbonyl (C=O) groups is 2. The lowest BCUT2D eigenvalue weighted by Gasteiger charge is -2.15. The van der Waals surface area contributed by atoms with Crippen molar-refractivity contribution in [1.29, 1.82) is 0 Å². The molecule has 164 valence electrons. The van der Waals surface area contributed by atoms with Gasteiger partial charge in [0.2, 0.25) is 11.7 Å². The summed E-state index contributed by atoms with van der Waals surface area (Å²) in [4.78, 5) is 37.3. The van der Waals surface area contributed by atoms with Crippen molar-refractivity contribution in [3.63, 3.8) is 0 Å². The van der Waals surface area contributed by atoms with Crippen LogP contribution in [0.4, 0.5) is 4.79 Å². The summed E-state index contributed by atoms with van der Waals surface area (Å²) in [7, 11) is 1.44. The predicted octanol–water partition coefficient (Wildman–Crippen LogP) is 2.59. The average Bonchev–Trinajstić information content (AvgIpc) is 3.19. The Labute approximate surface area is 187 Å². The lowest BCUT2D eigenvalue weighted by molar-refractivity contribution is -0.119. The van der Waals surface area contributed by atoms with E-state index in [2.05, 4.69) is 20.8 Å². The normalized spacial score (nSPS) is 12.1. The molecule has 0 aliphatic carbocycles. The van der Waals surface area contributed by atoms with Crippen molar-refractivity contribution in [2.24, 2.45) is 0 Å². The van der Waals surface area contributed by atoms with Crippen molar-refractivity contribution >= 4 is 40.4 Å². The summed E-state index contributed by atoms with van der Waals surface area (Å²) in [5, 5.41) is 13.5. The second-order valence-corrected chi connectivity index (χ2v) is 8.63. The molecule has 0 saturated carbocycles. The van der Waals surface area contributed by atoms with Gasteiger partial charge in [0.25, 0.3) is 5.56 Å². The Hall–Kier alpha value is -3.66. The molecule has 2 heterocycles. The summed E-state index contributed by atoms with van der Waals surface area (Å²) >= 11 is 1.15. The lowest BCUT2D eigenvalue weighted by Crippen LogP contribution is -2.41. The molecule has 9 nitrogen and oxygen atoms in total. The van der Waals surface area contributed by atoms with Crippen LogP contribution in [0.25, 0.3) is 22.4 Å². The Morgan fingerprint density at radius 3 is 2.56 bits per heavy atom. The van der Waals surface area contributed by atoms with E-state index >= 15 is 0 Å². The monoisotopic (exact) mass is 450 g/mol. The van der Waals surface area contributed by atoms with Crippen LogP contribution in [0.15, 0.2) is 52.4 Å². The Bertz CT molecular complexity index is 1420. The maximum Gasteiger partial charge on any atom is 0.321 e. The van der Waals surface area contributed by atoms with Crippen molar-refractivity contribution in [3.05, 3.63) is 63.9 Å². The van der Waals surface area contributed by atoms with Crippen LogP contribution in [0, 0.1) is 13.8 Å². The third-order valence-electron chi connectivity index (χ3n) is 5.33. The summed E-state index contributed by atoms with van der Waals surface area (Å²) in [6.07, 6.45) is 0. The van der Waals surface area contributed by atoms with E-state index in [0.717, 1.165) is 28.6 Å². The first-order chi connectivity index (χ1) is 15.3. The van der Waals surface area contributed by atoms with E-state index in [9.17, 15) is 14.4 Å². The minimum Gasteiger partial charge on any atom is -0.341 e. The molecule has 0 radical (unpaired) electrons. The number of nitrogens with one attached hydrogen (secondary N) is 2. The van der Waals surface area contributed by atoms with E-state index in [1.54, 1.807) is 28.0 Å². The van der Waals surface area contributed by atoms with Crippen LogP contribution in [-0.4, -0.2) is 43.4 Å². The minimum absolute atomic E-state index is 0.198. The van der Waals surface area contributed by atoms with Crippen molar-refractivity contribution in [2.45, 2.75) is 31.2 Å². The highest BCUT2D eigenvalue weighted by molar-refractivity contribution is 8.00. The Morgan fingerprint density at radius 2 is 1.81 bits per heavy atom. The van der Waals surface area contributed by atoms with E-state index in [1.165, 1.54) is 7.05 Å². The molecular weight excluding hydrogens is 428 g/mol. The highest BCUT2D eigenvalue weighted by atomic mass is 32.2. The van der Waals surface area contributed by atoms with Crippen LogP contribution in [0.5, 0.6) is 0 Å². The number of benzene rings is 2. The number of amides is 3. The zero-order valence-corrected chi connectivity index (χ0v) is 18.9. The number of para-hydroxylation sites is 1. The molecule has 0 aliphatic heterocycles. The fraction of sp³-hybridized carbons (Fsp3) is 0.227. The van der Waals surface area contributed by atoms with E-state index in [0.29, 0.717) is 21.8 Å². The highest BCUT2D eigenvalue weighted by Crippen LogP contribution is 2.27. The van der Waals surface area contributed by atoms with Gasteiger partial charge >= 0.3 is 6.03 Å². The Kier molecular flexibility index (Phi) is 5.70. The number of aromatic nitrogens is 4. The summed E-state index contributed by atoms with van der Waals surface area (Å²) in [5.74, 6) is -0.109. The third kappa shape index (κ3) is 3.62. The molecule has 2 aromatic carbocycles. The van der Waals surface area contributed by atoms with Gasteiger partial charge in [0.15, 0.2) is 5.16 Å². The number of hydrogen-bond donors (Lipinski definition) is 2. The molecule has 4 aromatic rings. The fourth-order valence-corrected chi connectivity index (χ4v) is 4.29. The molecule has 2 N–H and O–H groups in total. The Morgan fingerprint density at radius 1 is 1.06 bits per heavy atom. The van der Waals surface area contributed by atoms with Gasteiger partial charge < -0.3 is 5.32 Å². The molecule has 2 aromatic heterocycles. The quantitative estimate of drug-likeness (QED) is 0.463. The summed E-state index contributed by atoms with van der Waals surface area (Å²) in [6.45, 7) is 5.62. The highest BCUT2D eigenvalue weighted by Gasteiger charge is 2.23. The van der Waals surface area contributed by atoms with E-state index in [1.807, 2.05) is 44.2 Å². The zero-order chi connectivity index (χ0) is 23.0. The van der Waals surface area contributed by atoms with Crippen molar-refractivity contribution in [3.8, 4) is 5.69 Å². The molecule has 0 bridgehead atoms. The van der Waals surface area contributed by atoms with Crippen molar-refractivity contribution < 1.29 is 9.59 Å². The summed E-state index contributed by atoms with van der Waals surface area (Å²) in [6, 6.07) is 12.4. The molecule has 0 spiro atoms. The van der Waals surface area contributed by atoms with Crippen LogP contribution in [0.3, 0.4) is 0 Å². The number of imide groups is 1. The fourth-order valence-electron chi connectivity index (χ4n) is 3.44. The van der Waals surface area contributed by atoms with Crippen LogP contribution in [0.1, 0.15) is 18.1 Å². The van der Waals surface area contributed by atoms with Gasteiger partial charge in [-0.15, -0.1) is 10.2 Å². The number of rotatable bonds is 4. The maximum absolute atomic E-state index is 13.5. The number of nitrogens with zero attached hydrogens (tertiary/aromatic N) is 4. The number of fused-ring (bicyclic) bond motifs is 3. The van der Waals surface area contributed by atoms with Gasteiger partial charge in [-0.1, -0.05) is 36.0 Å². The third-order valence-corrected chi connectivity index (χ3v) is 6.37. The largest absolute Gasteiger partial charge is 0.341 e. The first-order valence-corrected chi connectivity index (χ1v) is 10.9. The van der Waals surface area contributed by atoms with Gasteiger partial charge in [0.1, 0.15) is 0 Å². The predicted molar refractivity (Wildman–Crippen MR) is 123 cm³/mol. The molecule has 3 amide bonds. The topological polar surface area (TPSA) is 110 Å². The number of aryl methyl sites for hydroxylation is 1. The second-order valence-electron chi connectivity index (χ2n) is 7.32. The second kappa shape index (κ2) is 8.46. The van der Waals surface area contributed by atoms with Gasteiger partial charge in [-0.25, -0.2) is 9.36 Å². The van der Waals surface area contributed by atoms with E-state index in [4.69, 9.17) is 0 Å². The van der Waals surface area contributed by atoms with Gasteiger partial charge in [-0.2, -0.15) is 0 Å². The maximum atomic E-state index is 13.5. The first kappa shape index (κ1) is 21.6. The standard InChI is InChI=1S/C22H22N6O3S/c1-12-8-7-11-16(13(12)2)27-19(30)15-9-5-6-10-17(15)28-21(27)25-26-22(28)32-14(3)18(29)24-20(31)23-4/h5-11,14H,1-4H3,(H2,23,24,29,31). The van der Waals surface area contributed by atoms with Gasteiger partial charge in [-0.05, 0) is 50.1 Å². The molecule has 4 rings (SSSR count). The molecule has 0 saturated heterocycles. The molecular formula is C22H22N6O3S. The van der Waals surface area contributed by atoms with Crippen molar-refractivity contribution in [2.75, 3.05) is 7.05 Å². The minimum atomic E-state index is -0.625. The molecule has 10 heteroatoms. The number of carbonyl (C=O) groups excluding carboxylic acids is 2. The van der Waals surface area contributed by atoms with Gasteiger partial charge in [-0.3, -0.25) is 19.3 Å². The summed E-state index contributed by atoms with van der Waals surface area (Å²) < 4.78 is 3.32.